The summed E-state index contributed by atoms with van der Waals surface area (Å²) in [7, 11) is 4.51. The fourth-order valence-electron chi connectivity index (χ4n) is 4.39. The summed E-state index contributed by atoms with van der Waals surface area (Å²) in [5.74, 6) is 3.39. The number of ether oxygens (including phenoxy) is 5. The van der Waals surface area contributed by atoms with E-state index in [2.05, 4.69) is 26.8 Å². The van der Waals surface area contributed by atoms with Crippen molar-refractivity contribution in [2.75, 3.05) is 34.5 Å². The van der Waals surface area contributed by atoms with Gasteiger partial charge in [0, 0.05) is 4.47 Å². The molecule has 0 amide bonds. The lowest BCUT2D eigenvalue weighted by molar-refractivity contribution is -0.139. The van der Waals surface area contributed by atoms with Crippen LogP contribution in [0, 0.1) is 12.3 Å². The van der Waals surface area contributed by atoms with Crippen LogP contribution in [-0.2, 0) is 9.53 Å². The first-order valence-electron chi connectivity index (χ1n) is 12.2. The van der Waals surface area contributed by atoms with Crippen molar-refractivity contribution in [3.8, 4) is 35.3 Å². The van der Waals surface area contributed by atoms with Gasteiger partial charge in [0.05, 0.1) is 54.8 Å². The van der Waals surface area contributed by atoms with Crippen LogP contribution in [0.15, 0.2) is 49.8 Å². The molecule has 1 aromatic heterocycles. The summed E-state index contributed by atoms with van der Waals surface area (Å²) in [6, 6.07) is 5.92. The number of rotatable bonds is 9. The Morgan fingerprint density at radius 3 is 2.49 bits per heavy atom. The Morgan fingerprint density at radius 1 is 1.17 bits per heavy atom. The summed E-state index contributed by atoms with van der Waals surface area (Å²) in [6.07, 6.45) is 6.98. The van der Waals surface area contributed by atoms with Crippen LogP contribution in [0.2, 0.25) is 5.02 Å². The van der Waals surface area contributed by atoms with Gasteiger partial charge in [-0.15, -0.1) is 6.42 Å². The Hall–Kier alpha value is -3.72. The number of hydrogen-bond acceptors (Lipinski definition) is 9. The monoisotopic (exact) mass is 660 g/mol. The number of esters is 1. The van der Waals surface area contributed by atoms with Gasteiger partial charge >= 0.3 is 5.97 Å². The van der Waals surface area contributed by atoms with Crippen molar-refractivity contribution in [1.29, 1.82) is 0 Å². The number of nitrogens with zero attached hydrogens (tertiary/aromatic N) is 2. The number of halogens is 2. The first kappa shape index (κ1) is 30.2. The second-order valence-corrected chi connectivity index (χ2v) is 10.8. The van der Waals surface area contributed by atoms with Crippen LogP contribution in [-0.4, -0.2) is 45.1 Å². The van der Waals surface area contributed by atoms with Crippen molar-refractivity contribution in [3.63, 3.8) is 0 Å². The highest BCUT2D eigenvalue weighted by atomic mass is 79.9. The molecule has 2 heterocycles. The number of benzene rings is 2. The van der Waals surface area contributed by atoms with Gasteiger partial charge in [0.15, 0.2) is 27.8 Å². The summed E-state index contributed by atoms with van der Waals surface area (Å²) in [4.78, 5) is 32.2. The fourth-order valence-corrected chi connectivity index (χ4v) is 6.25. The number of terminal acetylenes is 1. The minimum absolute atomic E-state index is 0.0158. The Bertz CT molecular complexity index is 1770. The van der Waals surface area contributed by atoms with E-state index in [1.165, 1.54) is 37.2 Å². The molecule has 0 saturated carbocycles. The number of methoxy groups -OCH3 is 3. The topological polar surface area (TPSA) is 97.6 Å². The maximum Gasteiger partial charge on any atom is 0.338 e. The first-order valence-corrected chi connectivity index (χ1v) is 14.2. The number of fused-ring (bicyclic) bond motifs is 1. The summed E-state index contributed by atoms with van der Waals surface area (Å²) in [6.45, 7) is 3.60. The smallest absolute Gasteiger partial charge is 0.338 e. The Morgan fingerprint density at radius 2 is 1.85 bits per heavy atom. The summed E-state index contributed by atoms with van der Waals surface area (Å²) in [5.41, 5.74) is 1.49. The molecule has 9 nitrogen and oxygen atoms in total. The summed E-state index contributed by atoms with van der Waals surface area (Å²) < 4.78 is 29.7. The number of thiazole rings is 1. The standard InChI is InChI=1S/C29H26BrClN2O7S/c1-7-9-40-26-19(31)10-16(11-22(26)38-6)12-23-27(34)33-25(17-13-20(36-4)21(37-5)14-18(17)30)24(28(35)39-8-2)15(3)32-29(33)41-23/h1,10-14,25H,8-9H2,2-6H3/b23-12-/t25-/m1/s1. The highest BCUT2D eigenvalue weighted by molar-refractivity contribution is 9.10. The van der Waals surface area contributed by atoms with E-state index < -0.39 is 12.0 Å². The van der Waals surface area contributed by atoms with Crippen molar-refractivity contribution < 1.29 is 28.5 Å². The molecule has 1 aliphatic rings. The average Bonchev–Trinajstić information content (AvgIpc) is 3.25. The van der Waals surface area contributed by atoms with E-state index in [-0.39, 0.29) is 29.4 Å². The van der Waals surface area contributed by atoms with Crippen LogP contribution in [0.1, 0.15) is 31.0 Å². The molecule has 0 fully saturated rings. The molecule has 0 bridgehead atoms. The molecule has 0 aliphatic carbocycles. The predicted octanol–water partition coefficient (Wildman–Crippen LogP) is 4.25. The van der Waals surface area contributed by atoms with Gasteiger partial charge in [-0.2, -0.15) is 0 Å². The SMILES string of the molecule is C#CCOc1c(Cl)cc(/C=c2\sc3n(c2=O)[C@H](c2cc(OC)c(OC)cc2Br)C(C(=O)OCC)=C(C)N=3)cc1OC. The molecular weight excluding hydrogens is 636 g/mol. The van der Waals surface area contributed by atoms with Crippen molar-refractivity contribution in [2.45, 2.75) is 19.9 Å². The Kier molecular flexibility index (Phi) is 9.48. The van der Waals surface area contributed by atoms with Crippen molar-refractivity contribution in [1.82, 2.24) is 4.57 Å². The maximum atomic E-state index is 14.0. The van der Waals surface area contributed by atoms with E-state index in [1.54, 1.807) is 44.2 Å². The van der Waals surface area contributed by atoms with E-state index in [4.69, 9.17) is 41.7 Å². The molecule has 1 aliphatic heterocycles. The van der Waals surface area contributed by atoms with Gasteiger partial charge < -0.3 is 23.7 Å². The number of carbonyl (C=O) groups excluding carboxylic acids is 1. The lowest BCUT2D eigenvalue weighted by Gasteiger charge is -2.26. The van der Waals surface area contributed by atoms with E-state index >= 15 is 0 Å². The molecular formula is C29H26BrClN2O7S. The third-order valence-corrected chi connectivity index (χ3v) is 8.11. The molecule has 3 aromatic rings. The number of carbonyl (C=O) groups is 1. The third-order valence-electron chi connectivity index (χ3n) is 6.16. The molecule has 41 heavy (non-hydrogen) atoms. The minimum Gasteiger partial charge on any atom is -0.493 e. The molecule has 4 rings (SSSR count). The van der Waals surface area contributed by atoms with Crippen LogP contribution in [0.5, 0.6) is 23.0 Å². The summed E-state index contributed by atoms with van der Waals surface area (Å²) >= 11 is 11.2. The third kappa shape index (κ3) is 5.86. The van der Waals surface area contributed by atoms with Crippen molar-refractivity contribution in [3.05, 3.63) is 75.8 Å². The summed E-state index contributed by atoms with van der Waals surface area (Å²) in [5, 5.41) is 0.270. The molecule has 0 saturated heterocycles. The lowest BCUT2D eigenvalue weighted by Crippen LogP contribution is -2.40. The highest BCUT2D eigenvalue weighted by Gasteiger charge is 2.35. The second kappa shape index (κ2) is 12.9. The van der Waals surface area contributed by atoms with Gasteiger partial charge in [-0.05, 0) is 55.3 Å². The lowest BCUT2D eigenvalue weighted by atomic mass is 9.95. The average molecular weight is 662 g/mol. The van der Waals surface area contributed by atoms with Crippen LogP contribution in [0.25, 0.3) is 6.08 Å². The van der Waals surface area contributed by atoms with Gasteiger partial charge in [-0.3, -0.25) is 9.36 Å². The predicted molar refractivity (Wildman–Crippen MR) is 160 cm³/mol. The van der Waals surface area contributed by atoms with Crippen LogP contribution in [0.4, 0.5) is 0 Å². The van der Waals surface area contributed by atoms with Crippen LogP contribution >= 0.6 is 38.9 Å². The van der Waals surface area contributed by atoms with Crippen molar-refractivity contribution >= 4 is 50.9 Å². The van der Waals surface area contributed by atoms with Crippen molar-refractivity contribution in [2.24, 2.45) is 4.99 Å². The van der Waals surface area contributed by atoms with E-state index in [9.17, 15) is 9.59 Å². The molecule has 2 aromatic carbocycles. The molecule has 0 unspecified atom stereocenters. The number of allylic oxidation sites excluding steroid dienone is 1. The molecule has 12 heteroatoms. The minimum atomic E-state index is -0.862. The maximum absolute atomic E-state index is 14.0. The molecule has 214 valence electrons. The van der Waals surface area contributed by atoms with Gasteiger partial charge in [-0.1, -0.05) is 44.8 Å². The van der Waals surface area contributed by atoms with E-state index in [1.807, 2.05) is 0 Å². The van der Waals surface area contributed by atoms with Gasteiger partial charge in [0.2, 0.25) is 0 Å². The van der Waals surface area contributed by atoms with Crippen LogP contribution in [0.3, 0.4) is 0 Å². The van der Waals surface area contributed by atoms with Crippen LogP contribution < -0.4 is 33.8 Å². The highest BCUT2D eigenvalue weighted by Crippen LogP contribution is 2.41. The second-order valence-electron chi connectivity index (χ2n) is 8.56. The largest absolute Gasteiger partial charge is 0.493 e. The first-order chi connectivity index (χ1) is 19.7. The Balaban J connectivity index is 1.97. The Labute approximate surface area is 253 Å². The zero-order valence-corrected chi connectivity index (χ0v) is 26.0. The van der Waals surface area contributed by atoms with Gasteiger partial charge in [-0.25, -0.2) is 9.79 Å². The fraction of sp³-hybridized carbons (Fsp3) is 0.276. The van der Waals surface area contributed by atoms with Gasteiger partial charge in [0.25, 0.3) is 5.56 Å². The molecule has 0 N–H and O–H groups in total. The van der Waals surface area contributed by atoms with E-state index in [0.717, 1.165) is 0 Å². The number of aromatic nitrogens is 1. The molecule has 0 radical (unpaired) electrons. The normalized spacial score (nSPS) is 14.6. The molecule has 0 spiro atoms. The zero-order valence-electron chi connectivity index (χ0n) is 22.9. The zero-order chi connectivity index (χ0) is 29.8. The molecule has 1 atom stereocenters. The van der Waals surface area contributed by atoms with Gasteiger partial charge in [0.1, 0.15) is 6.61 Å². The number of hydrogen-bond donors (Lipinski definition) is 0. The quantitative estimate of drug-likeness (QED) is 0.250. The van der Waals surface area contributed by atoms with E-state index in [0.29, 0.717) is 53.6 Å².